The van der Waals surface area contributed by atoms with Gasteiger partial charge in [0.2, 0.25) is 11.7 Å². The van der Waals surface area contributed by atoms with Crippen LogP contribution in [0.3, 0.4) is 0 Å². The van der Waals surface area contributed by atoms with Gasteiger partial charge in [0, 0.05) is 23.4 Å². The Morgan fingerprint density at radius 1 is 1.06 bits per heavy atom. The summed E-state index contributed by atoms with van der Waals surface area (Å²) in [6, 6.07) is 17.6. The predicted octanol–water partition coefficient (Wildman–Crippen LogP) is 2.67. The van der Waals surface area contributed by atoms with E-state index in [2.05, 4.69) is 15.4 Å². The molecule has 0 spiro atoms. The topological polar surface area (TPSA) is 81.3 Å². The third-order valence-electron chi connectivity index (χ3n) is 5.74. The smallest absolute Gasteiger partial charge is 0.279 e. The number of fused-ring (bicyclic) bond motifs is 2. The zero-order valence-corrected chi connectivity index (χ0v) is 17.3. The van der Waals surface area contributed by atoms with Crippen LogP contribution in [-0.4, -0.2) is 25.1 Å². The fourth-order valence-corrected chi connectivity index (χ4v) is 4.10. The fourth-order valence-electron chi connectivity index (χ4n) is 4.10. The molecule has 1 amide bonds. The molecule has 2 heterocycles. The molecule has 0 aliphatic heterocycles. The monoisotopic (exact) mass is 413 g/mol. The molecule has 0 saturated heterocycles. The highest BCUT2D eigenvalue weighted by Gasteiger charge is 2.25. The Balaban J connectivity index is 1.49. The third kappa shape index (κ3) is 3.63. The van der Waals surface area contributed by atoms with Crippen LogP contribution in [0.4, 0.5) is 0 Å². The van der Waals surface area contributed by atoms with Crippen molar-refractivity contribution in [2.45, 2.75) is 39.3 Å². The van der Waals surface area contributed by atoms with Crippen molar-refractivity contribution in [1.29, 1.82) is 0 Å². The van der Waals surface area contributed by atoms with Crippen LogP contribution in [0, 0.1) is 6.92 Å². The Bertz CT molecular complexity index is 1320. The summed E-state index contributed by atoms with van der Waals surface area (Å²) in [5.41, 5.74) is 4.57. The van der Waals surface area contributed by atoms with Crippen LogP contribution in [0.5, 0.6) is 0 Å². The van der Waals surface area contributed by atoms with Gasteiger partial charge in [-0.1, -0.05) is 60.2 Å². The lowest BCUT2D eigenvalue weighted by molar-refractivity contribution is -0.121. The van der Waals surface area contributed by atoms with Gasteiger partial charge in [-0.2, -0.15) is 9.50 Å². The highest BCUT2D eigenvalue weighted by molar-refractivity contribution is 5.76. The number of nitrogens with one attached hydrogen (secondary N) is 1. The average Bonchev–Trinajstić information content (AvgIpc) is 3.45. The minimum Gasteiger partial charge on any atom is -0.350 e. The standard InChI is InChI=1S/C24H23N5O2/c1-16-10-12-17(13-11-16)14-25-21(30)15-28-20-9-5-8-19(20)23(31)29-24(28)26-22(27-29)18-6-3-2-4-7-18/h2-4,6-7,10-13H,5,8-9,14-15H2,1H3,(H,25,30). The van der Waals surface area contributed by atoms with Gasteiger partial charge >= 0.3 is 0 Å². The molecule has 4 aromatic rings. The largest absolute Gasteiger partial charge is 0.350 e. The van der Waals surface area contributed by atoms with E-state index in [0.717, 1.165) is 35.2 Å². The molecule has 156 valence electrons. The maximum atomic E-state index is 13.0. The van der Waals surface area contributed by atoms with Crippen molar-refractivity contribution in [3.05, 3.63) is 87.3 Å². The van der Waals surface area contributed by atoms with E-state index >= 15 is 0 Å². The summed E-state index contributed by atoms with van der Waals surface area (Å²) in [6.45, 7) is 2.59. The molecule has 1 N–H and O–H groups in total. The molecule has 0 unspecified atom stereocenters. The van der Waals surface area contributed by atoms with Crippen molar-refractivity contribution in [2.24, 2.45) is 0 Å². The third-order valence-corrected chi connectivity index (χ3v) is 5.74. The fraction of sp³-hybridized carbons (Fsp3) is 0.250. The minimum absolute atomic E-state index is 0.102. The number of aromatic nitrogens is 4. The Hall–Kier alpha value is -3.74. The molecule has 2 aromatic heterocycles. The predicted molar refractivity (Wildman–Crippen MR) is 118 cm³/mol. The average molecular weight is 413 g/mol. The van der Waals surface area contributed by atoms with Crippen molar-refractivity contribution in [1.82, 2.24) is 24.5 Å². The maximum Gasteiger partial charge on any atom is 0.279 e. The van der Waals surface area contributed by atoms with Crippen molar-refractivity contribution in [3.63, 3.8) is 0 Å². The molecular weight excluding hydrogens is 390 g/mol. The van der Waals surface area contributed by atoms with Gasteiger partial charge < -0.3 is 9.88 Å². The van der Waals surface area contributed by atoms with Gasteiger partial charge in [-0.05, 0) is 31.7 Å². The summed E-state index contributed by atoms with van der Waals surface area (Å²) in [7, 11) is 0. The summed E-state index contributed by atoms with van der Waals surface area (Å²) in [5, 5.41) is 7.45. The second-order valence-corrected chi connectivity index (χ2v) is 7.95. The van der Waals surface area contributed by atoms with Crippen molar-refractivity contribution >= 4 is 11.7 Å². The molecule has 0 bridgehead atoms. The molecule has 2 aromatic carbocycles. The minimum atomic E-state index is -0.131. The maximum absolute atomic E-state index is 13.0. The van der Waals surface area contributed by atoms with E-state index in [4.69, 9.17) is 0 Å². The highest BCUT2D eigenvalue weighted by atomic mass is 16.2. The van der Waals surface area contributed by atoms with Gasteiger partial charge in [0.25, 0.3) is 5.56 Å². The van der Waals surface area contributed by atoms with E-state index in [1.807, 2.05) is 66.1 Å². The van der Waals surface area contributed by atoms with Crippen LogP contribution in [0.2, 0.25) is 0 Å². The number of nitrogens with zero attached hydrogens (tertiary/aromatic N) is 4. The highest BCUT2D eigenvalue weighted by Crippen LogP contribution is 2.22. The molecule has 0 saturated carbocycles. The van der Waals surface area contributed by atoms with Crippen LogP contribution >= 0.6 is 0 Å². The first-order chi connectivity index (χ1) is 15.1. The molecule has 0 radical (unpaired) electrons. The normalized spacial score (nSPS) is 12.8. The van der Waals surface area contributed by atoms with Crippen molar-refractivity contribution in [3.8, 4) is 11.4 Å². The molecule has 0 atom stereocenters. The summed E-state index contributed by atoms with van der Waals surface area (Å²) in [6.07, 6.45) is 2.36. The molecular formula is C24H23N5O2. The van der Waals surface area contributed by atoms with Gasteiger partial charge in [0.05, 0.1) is 0 Å². The molecule has 5 rings (SSSR count). The Labute approximate surface area is 179 Å². The molecule has 7 nitrogen and oxygen atoms in total. The number of rotatable bonds is 5. The zero-order valence-electron chi connectivity index (χ0n) is 17.3. The zero-order chi connectivity index (χ0) is 21.4. The molecule has 0 fully saturated rings. The van der Waals surface area contributed by atoms with E-state index in [1.165, 1.54) is 10.1 Å². The molecule has 1 aliphatic carbocycles. The lowest BCUT2D eigenvalue weighted by Crippen LogP contribution is -2.31. The van der Waals surface area contributed by atoms with E-state index in [0.29, 0.717) is 24.6 Å². The number of hydrogen-bond acceptors (Lipinski definition) is 4. The van der Waals surface area contributed by atoms with E-state index in [9.17, 15) is 9.59 Å². The number of carbonyl (C=O) groups is 1. The second kappa shape index (κ2) is 7.83. The van der Waals surface area contributed by atoms with Gasteiger partial charge in [0.1, 0.15) is 6.54 Å². The van der Waals surface area contributed by atoms with Crippen LogP contribution in [-0.2, 0) is 30.7 Å². The van der Waals surface area contributed by atoms with Crippen molar-refractivity contribution in [2.75, 3.05) is 0 Å². The Kier molecular flexibility index (Phi) is 4.86. The molecule has 1 aliphatic rings. The van der Waals surface area contributed by atoms with Gasteiger partial charge in [0.15, 0.2) is 5.82 Å². The number of hydrogen-bond donors (Lipinski definition) is 1. The van der Waals surface area contributed by atoms with Crippen LogP contribution in [0.25, 0.3) is 17.2 Å². The number of benzene rings is 2. The first kappa shape index (κ1) is 19.2. The van der Waals surface area contributed by atoms with E-state index in [-0.39, 0.29) is 18.0 Å². The SMILES string of the molecule is Cc1ccc(CNC(=O)Cn2c3c(c(=O)n4nc(-c5ccccc5)nc24)CCC3)cc1. The number of carbonyl (C=O) groups excluding carboxylic acids is 1. The first-order valence-electron chi connectivity index (χ1n) is 10.5. The first-order valence-corrected chi connectivity index (χ1v) is 10.5. The lowest BCUT2D eigenvalue weighted by atomic mass is 10.1. The van der Waals surface area contributed by atoms with E-state index < -0.39 is 0 Å². The van der Waals surface area contributed by atoms with Crippen LogP contribution in [0.15, 0.2) is 59.4 Å². The lowest BCUT2D eigenvalue weighted by Gasteiger charge is -2.14. The van der Waals surface area contributed by atoms with Crippen molar-refractivity contribution < 1.29 is 4.79 Å². The van der Waals surface area contributed by atoms with Gasteiger partial charge in [-0.15, -0.1) is 5.10 Å². The quantitative estimate of drug-likeness (QED) is 0.545. The summed E-state index contributed by atoms with van der Waals surface area (Å²) >= 11 is 0. The number of aryl methyl sites for hydroxylation is 1. The summed E-state index contributed by atoms with van der Waals surface area (Å²) < 4.78 is 3.20. The second-order valence-electron chi connectivity index (χ2n) is 7.95. The van der Waals surface area contributed by atoms with Crippen LogP contribution in [0.1, 0.15) is 28.8 Å². The van der Waals surface area contributed by atoms with Gasteiger partial charge in [-0.25, -0.2) is 0 Å². The Morgan fingerprint density at radius 2 is 1.84 bits per heavy atom. The molecule has 31 heavy (non-hydrogen) atoms. The summed E-state index contributed by atoms with van der Waals surface area (Å²) in [4.78, 5) is 30.4. The summed E-state index contributed by atoms with van der Waals surface area (Å²) in [5.74, 6) is 0.773. The Morgan fingerprint density at radius 3 is 2.61 bits per heavy atom. The number of amides is 1. The van der Waals surface area contributed by atoms with E-state index in [1.54, 1.807) is 0 Å². The van der Waals surface area contributed by atoms with Crippen LogP contribution < -0.4 is 10.9 Å². The molecule has 7 heteroatoms. The van der Waals surface area contributed by atoms with Gasteiger partial charge in [-0.3, -0.25) is 9.59 Å².